The van der Waals surface area contributed by atoms with Crippen LogP contribution in [0.25, 0.3) is 82.5 Å². The summed E-state index contributed by atoms with van der Waals surface area (Å²) in [5.41, 5.74) is 13.2. The van der Waals surface area contributed by atoms with Crippen LogP contribution in [0.3, 0.4) is 0 Å². The van der Waals surface area contributed by atoms with Crippen molar-refractivity contribution in [2.75, 3.05) is 4.90 Å². The number of hydrogen-bond donors (Lipinski definition) is 0. The van der Waals surface area contributed by atoms with Gasteiger partial charge >= 0.3 is 0 Å². The zero-order chi connectivity index (χ0) is 36.3. The Morgan fingerprint density at radius 2 is 1.04 bits per heavy atom. The largest absolute Gasteiger partial charge is 0.456 e. The topological polar surface area (TPSA) is 21.3 Å². The zero-order valence-electron chi connectivity index (χ0n) is 29.9. The van der Waals surface area contributed by atoms with Crippen molar-refractivity contribution >= 4 is 71.6 Å². The first-order valence-electron chi connectivity index (χ1n) is 18.8. The van der Waals surface area contributed by atoms with Gasteiger partial charge in [0.1, 0.15) is 11.2 Å². The fraction of sp³-hybridized carbons (Fsp3) is 0. The third kappa shape index (κ3) is 5.13. The molecule has 0 fully saturated rings. The van der Waals surface area contributed by atoms with Gasteiger partial charge in [0.15, 0.2) is 0 Å². The van der Waals surface area contributed by atoms with Crippen molar-refractivity contribution in [3.8, 4) is 27.9 Å². The molecule has 55 heavy (non-hydrogen) atoms. The molecule has 11 aromatic rings. The van der Waals surface area contributed by atoms with Crippen LogP contribution in [0, 0.1) is 0 Å². The summed E-state index contributed by atoms with van der Waals surface area (Å²) in [5, 5.41) is 7.22. The highest BCUT2D eigenvalue weighted by atomic mass is 16.3. The van der Waals surface area contributed by atoms with E-state index in [2.05, 4.69) is 204 Å². The standard InChI is InChI=1S/C52H34N2O/c1-3-13-35(14-4-1)38-16-11-19-41(33-38)53(42-30-32-46-45-21-9-10-24-49(45)55-50(46)34-42)40-28-25-37(26-29-40)43-22-12-23-48-51(43)47-31-27-36-15-7-8-20-44(36)52(47)54(48)39-17-5-2-6-18-39/h1-34H. The summed E-state index contributed by atoms with van der Waals surface area (Å²) in [6.45, 7) is 0. The van der Waals surface area contributed by atoms with E-state index in [1.807, 2.05) is 12.1 Å². The van der Waals surface area contributed by atoms with Crippen LogP contribution in [-0.4, -0.2) is 4.57 Å². The minimum absolute atomic E-state index is 0.869. The Morgan fingerprint density at radius 3 is 1.89 bits per heavy atom. The Balaban J connectivity index is 1.09. The van der Waals surface area contributed by atoms with E-state index in [9.17, 15) is 0 Å². The van der Waals surface area contributed by atoms with Gasteiger partial charge in [0.05, 0.1) is 11.0 Å². The van der Waals surface area contributed by atoms with Crippen molar-refractivity contribution in [2.45, 2.75) is 0 Å². The van der Waals surface area contributed by atoms with E-state index in [1.165, 1.54) is 54.8 Å². The van der Waals surface area contributed by atoms with E-state index in [0.29, 0.717) is 0 Å². The number of rotatable bonds is 6. The highest BCUT2D eigenvalue weighted by Crippen LogP contribution is 2.43. The van der Waals surface area contributed by atoms with Crippen LogP contribution in [0.1, 0.15) is 0 Å². The van der Waals surface area contributed by atoms with Gasteiger partial charge in [-0.25, -0.2) is 0 Å². The summed E-state index contributed by atoms with van der Waals surface area (Å²) >= 11 is 0. The van der Waals surface area contributed by atoms with Crippen LogP contribution in [0.15, 0.2) is 211 Å². The Kier molecular flexibility index (Phi) is 7.17. The fourth-order valence-electron chi connectivity index (χ4n) is 8.46. The minimum Gasteiger partial charge on any atom is -0.456 e. The first-order chi connectivity index (χ1) is 27.3. The van der Waals surface area contributed by atoms with Gasteiger partial charge in [-0.2, -0.15) is 0 Å². The summed E-state index contributed by atoms with van der Waals surface area (Å²) in [7, 11) is 0. The molecule has 0 saturated carbocycles. The van der Waals surface area contributed by atoms with Crippen molar-refractivity contribution in [3.05, 3.63) is 206 Å². The minimum atomic E-state index is 0.869. The number of aromatic nitrogens is 1. The Labute approximate surface area is 318 Å². The van der Waals surface area contributed by atoms with Crippen molar-refractivity contribution < 1.29 is 4.42 Å². The molecule has 0 spiro atoms. The lowest BCUT2D eigenvalue weighted by molar-refractivity contribution is 0.669. The van der Waals surface area contributed by atoms with Gasteiger partial charge < -0.3 is 13.9 Å². The van der Waals surface area contributed by atoms with E-state index in [1.54, 1.807) is 0 Å². The lowest BCUT2D eigenvalue weighted by Gasteiger charge is -2.26. The summed E-state index contributed by atoms with van der Waals surface area (Å²) in [6.07, 6.45) is 0. The molecule has 0 saturated heterocycles. The molecule has 0 unspecified atom stereocenters. The molecule has 0 atom stereocenters. The molecule has 9 aromatic carbocycles. The first kappa shape index (κ1) is 31.2. The Bertz CT molecular complexity index is 3190. The second kappa shape index (κ2) is 12.6. The fourth-order valence-corrected chi connectivity index (χ4v) is 8.46. The molecule has 0 aliphatic carbocycles. The molecule has 0 aliphatic rings. The van der Waals surface area contributed by atoms with Crippen molar-refractivity contribution in [2.24, 2.45) is 0 Å². The summed E-state index contributed by atoms with van der Waals surface area (Å²) in [6, 6.07) is 73.9. The van der Waals surface area contributed by atoms with E-state index in [4.69, 9.17) is 4.42 Å². The lowest BCUT2D eigenvalue weighted by Crippen LogP contribution is -2.10. The van der Waals surface area contributed by atoms with Gasteiger partial charge in [0.2, 0.25) is 0 Å². The number of furan rings is 1. The van der Waals surface area contributed by atoms with Gasteiger partial charge in [-0.15, -0.1) is 0 Å². The molecule has 2 aromatic heterocycles. The number of benzene rings is 9. The first-order valence-corrected chi connectivity index (χ1v) is 18.8. The van der Waals surface area contributed by atoms with Crippen LogP contribution in [0.2, 0.25) is 0 Å². The molecular weight excluding hydrogens is 669 g/mol. The predicted octanol–water partition coefficient (Wildman–Crippen LogP) is 14.6. The molecule has 0 aliphatic heterocycles. The number of nitrogens with zero attached hydrogens (tertiary/aromatic N) is 2. The molecule has 0 N–H and O–H groups in total. The van der Waals surface area contributed by atoms with E-state index < -0.39 is 0 Å². The van der Waals surface area contributed by atoms with E-state index in [0.717, 1.165) is 44.7 Å². The highest BCUT2D eigenvalue weighted by Gasteiger charge is 2.20. The third-order valence-electron chi connectivity index (χ3n) is 11.0. The maximum absolute atomic E-state index is 6.39. The summed E-state index contributed by atoms with van der Waals surface area (Å²) in [4.78, 5) is 2.33. The highest BCUT2D eigenvalue weighted by molar-refractivity contribution is 6.22. The van der Waals surface area contributed by atoms with E-state index in [-0.39, 0.29) is 0 Å². The summed E-state index contributed by atoms with van der Waals surface area (Å²) < 4.78 is 8.82. The molecule has 11 rings (SSSR count). The molecule has 0 bridgehead atoms. The van der Waals surface area contributed by atoms with Crippen LogP contribution >= 0.6 is 0 Å². The van der Waals surface area contributed by atoms with Gasteiger partial charge in [-0.3, -0.25) is 0 Å². The maximum Gasteiger partial charge on any atom is 0.137 e. The normalized spacial score (nSPS) is 11.6. The lowest BCUT2D eigenvalue weighted by atomic mass is 9.98. The van der Waals surface area contributed by atoms with Crippen LogP contribution < -0.4 is 4.90 Å². The Morgan fingerprint density at radius 1 is 0.382 bits per heavy atom. The number of fused-ring (bicyclic) bond motifs is 8. The van der Waals surface area contributed by atoms with Gasteiger partial charge in [0, 0.05) is 55.7 Å². The third-order valence-corrected chi connectivity index (χ3v) is 11.0. The second-order valence-electron chi connectivity index (χ2n) is 14.1. The molecule has 3 heteroatoms. The number of anilines is 3. The van der Waals surface area contributed by atoms with Gasteiger partial charge in [0.25, 0.3) is 0 Å². The molecule has 3 nitrogen and oxygen atoms in total. The van der Waals surface area contributed by atoms with Crippen LogP contribution in [0.5, 0.6) is 0 Å². The number of hydrogen-bond acceptors (Lipinski definition) is 2. The molecule has 2 heterocycles. The number of para-hydroxylation sites is 2. The van der Waals surface area contributed by atoms with Gasteiger partial charge in [-0.05, 0) is 88.3 Å². The van der Waals surface area contributed by atoms with Crippen LogP contribution in [-0.2, 0) is 0 Å². The SMILES string of the molecule is c1ccc(-c2cccc(N(c3ccc(-c4cccc5c4c4ccc6ccccc6c4n5-c4ccccc4)cc3)c3ccc4c(c3)oc3ccccc34)c2)cc1. The monoisotopic (exact) mass is 702 g/mol. The maximum atomic E-state index is 6.39. The van der Waals surface area contributed by atoms with Crippen molar-refractivity contribution in [1.82, 2.24) is 4.57 Å². The summed E-state index contributed by atoms with van der Waals surface area (Å²) in [5.74, 6) is 0. The Hall–Kier alpha value is -7.36. The van der Waals surface area contributed by atoms with Gasteiger partial charge in [-0.1, -0.05) is 140 Å². The molecule has 0 amide bonds. The molecule has 0 radical (unpaired) electrons. The second-order valence-corrected chi connectivity index (χ2v) is 14.1. The van der Waals surface area contributed by atoms with E-state index >= 15 is 0 Å². The van der Waals surface area contributed by atoms with Crippen molar-refractivity contribution in [1.29, 1.82) is 0 Å². The molecular formula is C52H34N2O. The van der Waals surface area contributed by atoms with Crippen molar-refractivity contribution in [3.63, 3.8) is 0 Å². The average molecular weight is 703 g/mol. The van der Waals surface area contributed by atoms with Crippen LogP contribution in [0.4, 0.5) is 17.1 Å². The predicted molar refractivity (Wildman–Crippen MR) is 231 cm³/mol. The molecule has 258 valence electrons. The average Bonchev–Trinajstić information content (AvgIpc) is 3.81. The quantitative estimate of drug-likeness (QED) is 0.172. The zero-order valence-corrected chi connectivity index (χ0v) is 29.9. The smallest absolute Gasteiger partial charge is 0.137 e.